The minimum absolute atomic E-state index is 0.0313. The number of hydrogen-bond donors (Lipinski definition) is 2. The maximum Gasteiger partial charge on any atom is 0.240 e. The van der Waals surface area contributed by atoms with Crippen LogP contribution < -0.4 is 10.0 Å². The van der Waals surface area contributed by atoms with Crippen LogP contribution in [-0.4, -0.2) is 65.2 Å². The minimum atomic E-state index is -3.53. The zero-order chi connectivity index (χ0) is 20.7. The molecule has 0 spiro atoms. The van der Waals surface area contributed by atoms with Crippen molar-refractivity contribution in [1.29, 1.82) is 0 Å². The summed E-state index contributed by atoms with van der Waals surface area (Å²) < 4.78 is 32.8. The topological polar surface area (TPSA) is 87.7 Å². The number of benzene rings is 1. The largest absolute Gasteiger partial charge is 0.379 e. The molecule has 29 heavy (non-hydrogen) atoms. The highest BCUT2D eigenvalue weighted by Crippen LogP contribution is 2.29. The van der Waals surface area contributed by atoms with Gasteiger partial charge < -0.3 is 10.1 Å². The van der Waals surface area contributed by atoms with Gasteiger partial charge in [0, 0.05) is 43.7 Å². The molecular formula is C20H30ClN3O4S. The van der Waals surface area contributed by atoms with Gasteiger partial charge in [-0.2, -0.15) is 0 Å². The lowest BCUT2D eigenvalue weighted by Crippen LogP contribution is -2.43. The van der Waals surface area contributed by atoms with Crippen molar-refractivity contribution < 1.29 is 17.9 Å². The Kier molecular flexibility index (Phi) is 8.32. The molecule has 1 amide bonds. The van der Waals surface area contributed by atoms with Crippen LogP contribution in [0.3, 0.4) is 0 Å². The van der Waals surface area contributed by atoms with Crippen molar-refractivity contribution in [3.05, 3.63) is 29.3 Å². The van der Waals surface area contributed by atoms with E-state index in [0.29, 0.717) is 18.1 Å². The lowest BCUT2D eigenvalue weighted by atomic mass is 9.81. The van der Waals surface area contributed by atoms with E-state index in [1.807, 2.05) is 0 Å². The van der Waals surface area contributed by atoms with Crippen molar-refractivity contribution in [1.82, 2.24) is 14.9 Å². The fourth-order valence-electron chi connectivity index (χ4n) is 3.86. The fraction of sp³-hybridized carbons (Fsp3) is 0.650. The summed E-state index contributed by atoms with van der Waals surface area (Å²) in [7, 11) is -3.53. The maximum absolute atomic E-state index is 12.4. The molecule has 0 unspecified atom stereocenters. The van der Waals surface area contributed by atoms with E-state index in [0.717, 1.165) is 58.5 Å². The normalized spacial score (nSPS) is 23.6. The van der Waals surface area contributed by atoms with E-state index in [2.05, 4.69) is 14.9 Å². The van der Waals surface area contributed by atoms with Crippen LogP contribution >= 0.6 is 11.6 Å². The molecule has 1 aliphatic heterocycles. The summed E-state index contributed by atoms with van der Waals surface area (Å²) in [4.78, 5) is 14.9. The van der Waals surface area contributed by atoms with Crippen LogP contribution in [0.15, 0.2) is 29.2 Å². The number of amides is 1. The third-order valence-corrected chi connectivity index (χ3v) is 7.43. The highest BCUT2D eigenvalue weighted by atomic mass is 35.5. The van der Waals surface area contributed by atoms with E-state index >= 15 is 0 Å². The summed E-state index contributed by atoms with van der Waals surface area (Å²) in [5.74, 6) is 0.414. The Morgan fingerprint density at radius 3 is 2.41 bits per heavy atom. The molecule has 0 radical (unpaired) electrons. The number of hydrogen-bond acceptors (Lipinski definition) is 5. The number of rotatable bonds is 8. The molecule has 0 aromatic heterocycles. The van der Waals surface area contributed by atoms with Crippen LogP contribution in [0.2, 0.25) is 5.02 Å². The Balaban J connectivity index is 1.35. The molecule has 9 heteroatoms. The molecule has 3 rings (SSSR count). The Labute approximate surface area is 178 Å². The van der Waals surface area contributed by atoms with Crippen LogP contribution in [0.4, 0.5) is 0 Å². The van der Waals surface area contributed by atoms with Crippen LogP contribution in [0.5, 0.6) is 0 Å². The molecular weight excluding hydrogens is 414 g/mol. The van der Waals surface area contributed by atoms with E-state index in [1.54, 1.807) is 12.1 Å². The molecule has 162 valence electrons. The maximum atomic E-state index is 12.4. The Bertz CT molecular complexity index is 758. The number of carbonyl (C=O) groups is 1. The summed E-state index contributed by atoms with van der Waals surface area (Å²) in [6.07, 6.45) is 3.31. The van der Waals surface area contributed by atoms with E-state index < -0.39 is 10.0 Å². The lowest BCUT2D eigenvalue weighted by Gasteiger charge is -2.29. The molecule has 1 heterocycles. The Morgan fingerprint density at radius 2 is 1.76 bits per heavy atom. The third-order valence-electron chi connectivity index (χ3n) is 5.73. The molecule has 7 nitrogen and oxygen atoms in total. The molecule has 1 aromatic rings. The number of nitrogens with zero attached hydrogens (tertiary/aromatic N) is 1. The second kappa shape index (κ2) is 10.7. The molecule has 2 aliphatic rings. The number of halogens is 1. The fourth-order valence-corrected chi connectivity index (χ4v) is 5.10. The van der Waals surface area contributed by atoms with Crippen LogP contribution in [0.1, 0.15) is 25.7 Å². The van der Waals surface area contributed by atoms with Gasteiger partial charge in [0.1, 0.15) is 0 Å². The first-order valence-corrected chi connectivity index (χ1v) is 12.1. The standard InChI is InChI=1S/C20H30ClN3O4S/c21-18-5-7-19(8-6-18)29(26,27)23-15-16-1-3-17(4-2-16)20(25)22-9-10-24-11-13-28-14-12-24/h5-8,16-17,23H,1-4,9-15H2,(H,22,25). The number of nitrogens with one attached hydrogen (secondary N) is 2. The van der Waals surface area contributed by atoms with Crippen molar-refractivity contribution in [2.24, 2.45) is 11.8 Å². The van der Waals surface area contributed by atoms with E-state index in [1.165, 1.54) is 12.1 Å². The third kappa shape index (κ3) is 6.93. The minimum Gasteiger partial charge on any atom is -0.379 e. The highest BCUT2D eigenvalue weighted by molar-refractivity contribution is 7.89. The van der Waals surface area contributed by atoms with Gasteiger partial charge in [-0.15, -0.1) is 0 Å². The van der Waals surface area contributed by atoms with Crippen LogP contribution in [0, 0.1) is 11.8 Å². The van der Waals surface area contributed by atoms with Crippen molar-refractivity contribution in [2.75, 3.05) is 45.9 Å². The number of carbonyl (C=O) groups excluding carboxylic acids is 1. The average molecular weight is 444 g/mol. The summed E-state index contributed by atoms with van der Waals surface area (Å²) >= 11 is 5.82. The smallest absolute Gasteiger partial charge is 0.240 e. The first-order chi connectivity index (χ1) is 13.9. The van der Waals surface area contributed by atoms with Crippen LogP contribution in [0.25, 0.3) is 0 Å². The van der Waals surface area contributed by atoms with Crippen LogP contribution in [-0.2, 0) is 19.6 Å². The zero-order valence-electron chi connectivity index (χ0n) is 16.6. The lowest BCUT2D eigenvalue weighted by molar-refractivity contribution is -0.126. The van der Waals surface area contributed by atoms with E-state index in [-0.39, 0.29) is 22.6 Å². The van der Waals surface area contributed by atoms with Crippen molar-refractivity contribution in [3.8, 4) is 0 Å². The second-order valence-corrected chi connectivity index (χ2v) is 9.97. The number of ether oxygens (including phenoxy) is 1. The van der Waals surface area contributed by atoms with Crippen molar-refractivity contribution >= 4 is 27.5 Å². The first kappa shape index (κ1) is 22.5. The predicted molar refractivity (Wildman–Crippen MR) is 112 cm³/mol. The van der Waals surface area contributed by atoms with Gasteiger partial charge in [0.25, 0.3) is 0 Å². The molecule has 1 aromatic carbocycles. The van der Waals surface area contributed by atoms with Gasteiger partial charge >= 0.3 is 0 Å². The number of morpholine rings is 1. The molecule has 1 saturated carbocycles. The van der Waals surface area contributed by atoms with Gasteiger partial charge in [0.05, 0.1) is 18.1 Å². The zero-order valence-corrected chi connectivity index (χ0v) is 18.2. The predicted octanol–water partition coefficient (Wildman–Crippen LogP) is 1.87. The summed E-state index contributed by atoms with van der Waals surface area (Å²) in [5.41, 5.74) is 0. The van der Waals surface area contributed by atoms with Gasteiger partial charge in [-0.1, -0.05) is 11.6 Å². The summed E-state index contributed by atoms with van der Waals surface area (Å²) in [6, 6.07) is 6.14. The van der Waals surface area contributed by atoms with Gasteiger partial charge in [0.2, 0.25) is 15.9 Å². The summed E-state index contributed by atoms with van der Waals surface area (Å²) in [6.45, 7) is 5.30. The van der Waals surface area contributed by atoms with Gasteiger partial charge in [-0.3, -0.25) is 9.69 Å². The van der Waals surface area contributed by atoms with Crippen molar-refractivity contribution in [2.45, 2.75) is 30.6 Å². The summed E-state index contributed by atoms with van der Waals surface area (Å²) in [5, 5.41) is 3.56. The molecule has 2 N–H and O–H groups in total. The molecule has 0 bridgehead atoms. The Morgan fingerprint density at radius 1 is 1.10 bits per heavy atom. The van der Waals surface area contributed by atoms with Crippen molar-refractivity contribution in [3.63, 3.8) is 0 Å². The quantitative estimate of drug-likeness (QED) is 0.640. The number of sulfonamides is 1. The second-order valence-electron chi connectivity index (χ2n) is 7.77. The average Bonchev–Trinajstić information content (AvgIpc) is 2.74. The van der Waals surface area contributed by atoms with Gasteiger partial charge in [-0.25, -0.2) is 13.1 Å². The molecule has 0 atom stereocenters. The SMILES string of the molecule is O=C(NCCN1CCOCC1)C1CCC(CNS(=O)(=O)c2ccc(Cl)cc2)CC1. The molecule has 1 saturated heterocycles. The monoisotopic (exact) mass is 443 g/mol. The Hall–Kier alpha value is -1.19. The van der Waals surface area contributed by atoms with Gasteiger partial charge in [0.15, 0.2) is 0 Å². The molecule has 1 aliphatic carbocycles. The van der Waals surface area contributed by atoms with Gasteiger partial charge in [-0.05, 0) is 55.9 Å². The van der Waals surface area contributed by atoms with E-state index in [4.69, 9.17) is 16.3 Å². The highest BCUT2D eigenvalue weighted by Gasteiger charge is 2.27. The molecule has 2 fully saturated rings. The van der Waals surface area contributed by atoms with E-state index in [9.17, 15) is 13.2 Å². The first-order valence-electron chi connectivity index (χ1n) is 10.3.